The summed E-state index contributed by atoms with van der Waals surface area (Å²) in [5.41, 5.74) is 0. The average Bonchev–Trinajstić information content (AvgIpc) is 1.86. The van der Waals surface area contributed by atoms with Crippen molar-refractivity contribution >= 4 is 0 Å². The quantitative estimate of drug-likeness (QED) is 0.379. The summed E-state index contributed by atoms with van der Waals surface area (Å²) in [6.45, 7) is 3.02. The van der Waals surface area contributed by atoms with E-state index in [-0.39, 0.29) is 0 Å². The normalized spacial score (nSPS) is 31.8. The van der Waals surface area contributed by atoms with Crippen LogP contribution in [0.4, 0.5) is 0 Å². The zero-order valence-corrected chi connectivity index (χ0v) is 3.89. The molecule has 1 nitrogen and oxygen atoms in total. The summed E-state index contributed by atoms with van der Waals surface area (Å²) in [6.07, 6.45) is 4.20. The fourth-order valence-corrected chi connectivity index (χ4v) is 0.546. The van der Waals surface area contributed by atoms with Crippen molar-refractivity contribution in [1.82, 2.24) is 5.32 Å². The van der Waals surface area contributed by atoms with E-state index in [2.05, 4.69) is 24.4 Å². The first kappa shape index (κ1) is 3.88. The highest BCUT2D eigenvalue weighted by Crippen LogP contribution is 1.92. The van der Waals surface area contributed by atoms with Gasteiger partial charge in [0.1, 0.15) is 0 Å². The van der Waals surface area contributed by atoms with E-state index in [1.54, 1.807) is 0 Å². The Morgan fingerprint density at radius 3 is 2.83 bits per heavy atom. The van der Waals surface area contributed by atoms with E-state index in [4.69, 9.17) is 0 Å². The van der Waals surface area contributed by atoms with Gasteiger partial charge in [0.25, 0.3) is 0 Å². The van der Waals surface area contributed by atoms with E-state index < -0.39 is 0 Å². The first-order chi connectivity index (χ1) is 2.89. The molecule has 6 heavy (non-hydrogen) atoms. The van der Waals surface area contributed by atoms with Gasteiger partial charge in [-0.2, -0.15) is 0 Å². The summed E-state index contributed by atoms with van der Waals surface area (Å²) in [5.74, 6) is 0. The molecule has 0 N–H and O–H groups in total. The van der Waals surface area contributed by atoms with Gasteiger partial charge in [-0.15, -0.1) is 0 Å². The maximum Gasteiger partial charge on any atom is 0.0401 e. The van der Waals surface area contributed by atoms with Gasteiger partial charge in [-0.3, -0.25) is 0 Å². The molecular formula is C5H8N. The second-order valence-electron chi connectivity index (χ2n) is 1.53. The van der Waals surface area contributed by atoms with E-state index >= 15 is 0 Å². The number of hydrogen-bond donors (Lipinski definition) is 0. The van der Waals surface area contributed by atoms with Gasteiger partial charge >= 0.3 is 0 Å². The first-order valence-corrected chi connectivity index (χ1v) is 2.23. The van der Waals surface area contributed by atoms with Gasteiger partial charge in [-0.25, -0.2) is 5.32 Å². The second-order valence-corrected chi connectivity index (χ2v) is 1.53. The highest BCUT2D eigenvalue weighted by atomic mass is 14.9. The lowest BCUT2D eigenvalue weighted by Crippen LogP contribution is -2.07. The Kier molecular flexibility index (Phi) is 0.926. The third-order valence-corrected chi connectivity index (χ3v) is 0.913. The molecule has 0 aromatic heterocycles. The number of hydrogen-bond acceptors (Lipinski definition) is 0. The van der Waals surface area contributed by atoms with Crippen LogP contribution in [0.1, 0.15) is 6.92 Å². The number of rotatable bonds is 0. The fourth-order valence-electron chi connectivity index (χ4n) is 0.546. The Hall–Kier alpha value is -0.300. The van der Waals surface area contributed by atoms with E-state index in [1.165, 1.54) is 0 Å². The standard InChI is InChI=1S/C5H8N/c1-5-3-2-4-6-5/h2-3,5H,4H2,1H3. The van der Waals surface area contributed by atoms with Crippen LogP contribution in [0.25, 0.3) is 0 Å². The molecule has 0 saturated carbocycles. The van der Waals surface area contributed by atoms with Crippen LogP contribution in [0.2, 0.25) is 0 Å². The van der Waals surface area contributed by atoms with E-state index in [9.17, 15) is 0 Å². The van der Waals surface area contributed by atoms with Gasteiger partial charge in [0, 0.05) is 12.6 Å². The minimum atomic E-state index is 0.491. The van der Waals surface area contributed by atoms with Crippen LogP contribution in [0, 0.1) is 0 Å². The molecule has 0 aromatic rings. The molecule has 0 bridgehead atoms. The molecule has 0 fully saturated rings. The van der Waals surface area contributed by atoms with Crippen LogP contribution in [0.3, 0.4) is 0 Å². The van der Waals surface area contributed by atoms with E-state index in [1.807, 2.05) is 0 Å². The fraction of sp³-hybridized carbons (Fsp3) is 0.600. The Morgan fingerprint density at radius 1 is 1.83 bits per heavy atom. The second kappa shape index (κ2) is 1.43. The molecular weight excluding hydrogens is 74.1 g/mol. The van der Waals surface area contributed by atoms with Crippen LogP contribution < -0.4 is 5.32 Å². The molecule has 1 unspecified atom stereocenters. The molecule has 0 amide bonds. The molecule has 0 aliphatic carbocycles. The summed E-state index contributed by atoms with van der Waals surface area (Å²) < 4.78 is 0. The van der Waals surface area contributed by atoms with E-state index in [0.717, 1.165) is 6.54 Å². The van der Waals surface area contributed by atoms with Crippen molar-refractivity contribution in [2.75, 3.05) is 6.54 Å². The van der Waals surface area contributed by atoms with Crippen molar-refractivity contribution in [3.05, 3.63) is 12.2 Å². The van der Waals surface area contributed by atoms with Crippen LogP contribution in [-0.4, -0.2) is 12.6 Å². The van der Waals surface area contributed by atoms with Crippen LogP contribution >= 0.6 is 0 Å². The van der Waals surface area contributed by atoms with Crippen LogP contribution in [-0.2, 0) is 0 Å². The van der Waals surface area contributed by atoms with Gasteiger partial charge < -0.3 is 0 Å². The molecule has 1 aliphatic heterocycles. The minimum Gasteiger partial charge on any atom is -0.231 e. The molecule has 1 atom stereocenters. The van der Waals surface area contributed by atoms with Crippen molar-refractivity contribution in [1.29, 1.82) is 0 Å². The Balaban J connectivity index is 2.38. The topological polar surface area (TPSA) is 14.1 Å². The largest absolute Gasteiger partial charge is 0.231 e. The monoisotopic (exact) mass is 82.1 g/mol. The number of nitrogens with zero attached hydrogens (tertiary/aromatic N) is 1. The summed E-state index contributed by atoms with van der Waals surface area (Å²) in [7, 11) is 0. The molecule has 0 saturated heterocycles. The lowest BCUT2D eigenvalue weighted by molar-refractivity contribution is 0.710. The van der Waals surface area contributed by atoms with Gasteiger partial charge in [0.05, 0.1) is 0 Å². The van der Waals surface area contributed by atoms with Crippen molar-refractivity contribution in [3.63, 3.8) is 0 Å². The van der Waals surface area contributed by atoms with Crippen LogP contribution in [0.5, 0.6) is 0 Å². The zero-order valence-electron chi connectivity index (χ0n) is 3.89. The van der Waals surface area contributed by atoms with Crippen molar-refractivity contribution in [3.8, 4) is 0 Å². The van der Waals surface area contributed by atoms with Crippen molar-refractivity contribution in [2.24, 2.45) is 0 Å². The first-order valence-electron chi connectivity index (χ1n) is 2.23. The smallest absolute Gasteiger partial charge is 0.0401 e. The molecule has 1 heteroatoms. The lowest BCUT2D eigenvalue weighted by atomic mass is 10.4. The zero-order chi connectivity index (χ0) is 4.41. The lowest BCUT2D eigenvalue weighted by Gasteiger charge is -1.91. The highest BCUT2D eigenvalue weighted by molar-refractivity contribution is 4.98. The summed E-state index contributed by atoms with van der Waals surface area (Å²) >= 11 is 0. The minimum absolute atomic E-state index is 0.491. The van der Waals surface area contributed by atoms with Gasteiger partial charge in [0.2, 0.25) is 0 Å². The SMILES string of the molecule is CC1C=CC[N]1. The maximum absolute atomic E-state index is 4.12. The molecule has 1 aliphatic rings. The highest BCUT2D eigenvalue weighted by Gasteiger charge is 1.98. The Labute approximate surface area is 38.1 Å². The summed E-state index contributed by atoms with van der Waals surface area (Å²) in [6, 6.07) is 0.491. The molecule has 1 heterocycles. The Bertz CT molecular complexity index is 66.3. The van der Waals surface area contributed by atoms with Gasteiger partial charge in [-0.1, -0.05) is 12.2 Å². The third-order valence-electron chi connectivity index (χ3n) is 0.913. The molecule has 33 valence electrons. The summed E-state index contributed by atoms with van der Waals surface area (Å²) in [4.78, 5) is 0. The van der Waals surface area contributed by atoms with Crippen LogP contribution in [0.15, 0.2) is 12.2 Å². The predicted molar refractivity (Wildman–Crippen MR) is 25.6 cm³/mol. The van der Waals surface area contributed by atoms with Crippen molar-refractivity contribution in [2.45, 2.75) is 13.0 Å². The van der Waals surface area contributed by atoms with Gasteiger partial charge in [-0.05, 0) is 6.92 Å². The third kappa shape index (κ3) is 0.601. The average molecular weight is 82.1 g/mol. The summed E-state index contributed by atoms with van der Waals surface area (Å²) in [5, 5.41) is 4.12. The molecule has 1 radical (unpaired) electrons. The van der Waals surface area contributed by atoms with Crippen molar-refractivity contribution < 1.29 is 0 Å². The maximum atomic E-state index is 4.12. The van der Waals surface area contributed by atoms with Gasteiger partial charge in [0.15, 0.2) is 0 Å². The molecule has 0 spiro atoms. The Morgan fingerprint density at radius 2 is 2.67 bits per heavy atom. The molecule has 1 rings (SSSR count). The van der Waals surface area contributed by atoms with E-state index in [0.29, 0.717) is 6.04 Å². The predicted octanol–water partition coefficient (Wildman–Crippen LogP) is 0.549. The molecule has 0 aromatic carbocycles.